The Morgan fingerprint density at radius 3 is 1.75 bits per heavy atom. The molecule has 1 aromatic carbocycles. The minimum Gasteiger partial charge on any atom is -0.312 e. The largest absolute Gasteiger partial charge is 0.312 e. The molecule has 68 valence electrons. The molecule has 0 spiro atoms. The zero-order valence-corrected chi connectivity index (χ0v) is 9.51. The predicted molar refractivity (Wildman–Crippen MR) is 58.7 cm³/mol. The molecule has 0 saturated carbocycles. The molecule has 0 amide bonds. The fourth-order valence-electron chi connectivity index (χ4n) is 0.567. The number of rotatable bonds is 1. The van der Waals surface area contributed by atoms with Gasteiger partial charge in [-0.05, 0) is 26.7 Å². The molecule has 0 bridgehead atoms. The molecule has 0 N–H and O–H groups in total. The molecule has 0 radical (unpaired) electrons. The molecule has 0 aliphatic heterocycles. The smallest absolute Gasteiger partial charge is 0.0283 e. The fourth-order valence-corrected chi connectivity index (χ4v) is 0.941. The van der Waals surface area contributed by atoms with Gasteiger partial charge < -0.3 is 4.90 Å². The maximum Gasteiger partial charge on any atom is 0.0283 e. The second-order valence-corrected chi connectivity index (χ2v) is 3.52. The second kappa shape index (κ2) is 7.32. The van der Waals surface area contributed by atoms with Crippen molar-refractivity contribution >= 4 is 15.9 Å². The van der Waals surface area contributed by atoms with Crippen LogP contribution in [0, 0.1) is 0 Å². The van der Waals surface area contributed by atoms with E-state index in [1.807, 2.05) is 44.2 Å². The maximum atomic E-state index is 3.36. The summed E-state index contributed by atoms with van der Waals surface area (Å²) >= 11 is 3.36. The first kappa shape index (κ1) is 11.7. The molecule has 1 aromatic rings. The lowest BCUT2D eigenvalue weighted by Crippen LogP contribution is -1.99. The van der Waals surface area contributed by atoms with E-state index in [0.29, 0.717) is 0 Å². The van der Waals surface area contributed by atoms with Crippen molar-refractivity contribution in [1.82, 2.24) is 4.90 Å². The number of hydrogen-bond donors (Lipinski definition) is 0. The van der Waals surface area contributed by atoms with Crippen LogP contribution in [-0.2, 0) is 5.33 Å². The average molecular weight is 230 g/mol. The Hall–Kier alpha value is -0.340. The Balaban J connectivity index is 0.000000261. The van der Waals surface area contributed by atoms with Gasteiger partial charge >= 0.3 is 0 Å². The van der Waals surface area contributed by atoms with E-state index < -0.39 is 0 Å². The topological polar surface area (TPSA) is 3.24 Å². The summed E-state index contributed by atoms with van der Waals surface area (Å²) in [4.78, 5) is 2.00. The Kier molecular flexibility index (Phi) is 7.11. The van der Waals surface area contributed by atoms with Crippen LogP contribution in [-0.4, -0.2) is 26.0 Å². The number of alkyl halides is 1. The minimum atomic E-state index is 0.952. The van der Waals surface area contributed by atoms with Crippen molar-refractivity contribution in [2.45, 2.75) is 5.33 Å². The quantitative estimate of drug-likeness (QED) is 0.670. The SMILES string of the molecule is BrCc1ccccc1.CN(C)C. The summed E-state index contributed by atoms with van der Waals surface area (Å²) in [6.45, 7) is 0. The number of halogens is 1. The van der Waals surface area contributed by atoms with Gasteiger partial charge in [-0.25, -0.2) is 0 Å². The average Bonchev–Trinajstić information content (AvgIpc) is 2.05. The lowest BCUT2D eigenvalue weighted by molar-refractivity contribution is 0.505. The standard InChI is InChI=1S/C7H7Br.C3H9N/c8-6-7-4-2-1-3-5-7;1-4(2)3/h1-5H,6H2;1-3H3. The monoisotopic (exact) mass is 229 g/mol. The van der Waals surface area contributed by atoms with Crippen LogP contribution in [0.1, 0.15) is 5.56 Å². The van der Waals surface area contributed by atoms with Crippen molar-refractivity contribution in [3.63, 3.8) is 0 Å². The van der Waals surface area contributed by atoms with Crippen LogP contribution in [0.5, 0.6) is 0 Å². The van der Waals surface area contributed by atoms with E-state index in [-0.39, 0.29) is 0 Å². The molecule has 0 aliphatic rings. The van der Waals surface area contributed by atoms with E-state index >= 15 is 0 Å². The van der Waals surface area contributed by atoms with Gasteiger partial charge in [0.15, 0.2) is 0 Å². The molecule has 0 atom stereocenters. The molecule has 0 aliphatic carbocycles. The number of hydrogen-bond acceptors (Lipinski definition) is 1. The summed E-state index contributed by atoms with van der Waals surface area (Å²) in [5, 5.41) is 0.952. The minimum absolute atomic E-state index is 0.952. The predicted octanol–water partition coefficient (Wildman–Crippen LogP) is 2.76. The lowest BCUT2D eigenvalue weighted by atomic mass is 10.2. The number of nitrogens with zero attached hydrogens (tertiary/aromatic N) is 1. The summed E-state index contributed by atoms with van der Waals surface area (Å²) in [6.07, 6.45) is 0. The summed E-state index contributed by atoms with van der Waals surface area (Å²) < 4.78 is 0. The Morgan fingerprint density at radius 2 is 1.50 bits per heavy atom. The zero-order valence-electron chi connectivity index (χ0n) is 7.92. The van der Waals surface area contributed by atoms with Gasteiger partial charge in [-0.15, -0.1) is 0 Å². The summed E-state index contributed by atoms with van der Waals surface area (Å²) in [5.41, 5.74) is 1.33. The van der Waals surface area contributed by atoms with E-state index in [1.165, 1.54) is 5.56 Å². The Labute approximate surface area is 83.5 Å². The molecule has 0 saturated heterocycles. The third kappa shape index (κ3) is 7.76. The van der Waals surface area contributed by atoms with Gasteiger partial charge in [0.2, 0.25) is 0 Å². The summed E-state index contributed by atoms with van der Waals surface area (Å²) in [7, 11) is 6.00. The second-order valence-electron chi connectivity index (χ2n) is 2.96. The molecule has 12 heavy (non-hydrogen) atoms. The van der Waals surface area contributed by atoms with E-state index in [2.05, 4.69) is 28.1 Å². The van der Waals surface area contributed by atoms with Gasteiger partial charge in [0, 0.05) is 5.33 Å². The first-order valence-electron chi connectivity index (χ1n) is 3.87. The van der Waals surface area contributed by atoms with E-state index in [9.17, 15) is 0 Å². The lowest BCUT2D eigenvalue weighted by Gasteiger charge is -1.90. The van der Waals surface area contributed by atoms with Crippen molar-refractivity contribution in [1.29, 1.82) is 0 Å². The Morgan fingerprint density at radius 1 is 1.08 bits per heavy atom. The zero-order chi connectivity index (χ0) is 9.40. The van der Waals surface area contributed by atoms with E-state index in [4.69, 9.17) is 0 Å². The molecular formula is C10H16BrN. The van der Waals surface area contributed by atoms with Gasteiger partial charge in [0.1, 0.15) is 0 Å². The van der Waals surface area contributed by atoms with Gasteiger partial charge in [0.05, 0.1) is 0 Å². The van der Waals surface area contributed by atoms with Gasteiger partial charge in [-0.1, -0.05) is 46.3 Å². The first-order chi connectivity index (χ1) is 5.66. The molecule has 1 nitrogen and oxygen atoms in total. The first-order valence-corrected chi connectivity index (χ1v) is 4.99. The van der Waals surface area contributed by atoms with Crippen LogP contribution in [0.3, 0.4) is 0 Å². The van der Waals surface area contributed by atoms with Crippen LogP contribution >= 0.6 is 15.9 Å². The van der Waals surface area contributed by atoms with Crippen LogP contribution < -0.4 is 0 Å². The van der Waals surface area contributed by atoms with E-state index in [0.717, 1.165) is 5.33 Å². The van der Waals surface area contributed by atoms with Crippen molar-refractivity contribution in [3.8, 4) is 0 Å². The summed E-state index contributed by atoms with van der Waals surface area (Å²) in [6, 6.07) is 10.3. The molecule has 2 heteroatoms. The fraction of sp³-hybridized carbons (Fsp3) is 0.400. The molecule has 1 rings (SSSR count). The highest BCUT2D eigenvalue weighted by Gasteiger charge is 1.81. The highest BCUT2D eigenvalue weighted by molar-refractivity contribution is 9.08. The number of benzene rings is 1. The van der Waals surface area contributed by atoms with Gasteiger partial charge in [-0.2, -0.15) is 0 Å². The molecule has 0 unspecified atom stereocenters. The molecule has 0 aromatic heterocycles. The maximum absolute atomic E-state index is 3.36. The highest BCUT2D eigenvalue weighted by Crippen LogP contribution is 2.02. The molecular weight excluding hydrogens is 214 g/mol. The van der Waals surface area contributed by atoms with Crippen LogP contribution in [0.4, 0.5) is 0 Å². The summed E-state index contributed by atoms with van der Waals surface area (Å²) in [5.74, 6) is 0. The third-order valence-electron chi connectivity index (χ3n) is 0.997. The Bertz CT molecular complexity index is 182. The van der Waals surface area contributed by atoms with Crippen molar-refractivity contribution in [2.24, 2.45) is 0 Å². The van der Waals surface area contributed by atoms with Gasteiger partial charge in [0.25, 0.3) is 0 Å². The normalized spacial score (nSPS) is 9.08. The van der Waals surface area contributed by atoms with Crippen LogP contribution in [0.2, 0.25) is 0 Å². The molecule has 0 heterocycles. The van der Waals surface area contributed by atoms with Crippen LogP contribution in [0.15, 0.2) is 30.3 Å². The van der Waals surface area contributed by atoms with Crippen LogP contribution in [0.25, 0.3) is 0 Å². The van der Waals surface area contributed by atoms with Crippen molar-refractivity contribution in [2.75, 3.05) is 21.1 Å². The third-order valence-corrected chi connectivity index (χ3v) is 1.64. The van der Waals surface area contributed by atoms with Crippen molar-refractivity contribution < 1.29 is 0 Å². The van der Waals surface area contributed by atoms with Crippen molar-refractivity contribution in [3.05, 3.63) is 35.9 Å². The van der Waals surface area contributed by atoms with E-state index in [1.54, 1.807) is 0 Å². The highest BCUT2D eigenvalue weighted by atomic mass is 79.9. The molecule has 0 fully saturated rings. The van der Waals surface area contributed by atoms with Gasteiger partial charge in [-0.3, -0.25) is 0 Å².